The van der Waals surface area contributed by atoms with Crippen molar-refractivity contribution in [1.82, 2.24) is 0 Å². The molecule has 0 unspecified atom stereocenters. The van der Waals surface area contributed by atoms with Gasteiger partial charge in [-0.15, -0.1) is 0 Å². The van der Waals surface area contributed by atoms with Crippen LogP contribution >= 0.6 is 0 Å². The van der Waals surface area contributed by atoms with E-state index in [1.807, 2.05) is 0 Å². The lowest BCUT2D eigenvalue weighted by Crippen LogP contribution is -2.31. The minimum absolute atomic E-state index is 0.188. The van der Waals surface area contributed by atoms with Crippen LogP contribution in [0.5, 0.6) is 0 Å². The van der Waals surface area contributed by atoms with Gasteiger partial charge >= 0.3 is 0 Å². The topological polar surface area (TPSA) is 20.2 Å². The number of hydrogen-bond acceptors (Lipinski definition) is 1. The number of fused-ring (bicyclic) bond motifs is 2. The summed E-state index contributed by atoms with van der Waals surface area (Å²) in [6, 6.07) is 0. The summed E-state index contributed by atoms with van der Waals surface area (Å²) in [5.41, 5.74) is 0.766. The number of hydrogen-bond donors (Lipinski definition) is 1. The lowest BCUT2D eigenvalue weighted by molar-refractivity contribution is 0.0850. The zero-order chi connectivity index (χ0) is 8.28. The van der Waals surface area contributed by atoms with Gasteiger partial charge in [-0.25, -0.2) is 0 Å². The van der Waals surface area contributed by atoms with E-state index in [0.717, 1.165) is 18.4 Å². The molecule has 0 aromatic carbocycles. The molecule has 0 saturated heterocycles. The van der Waals surface area contributed by atoms with Crippen LogP contribution in [0.3, 0.4) is 0 Å². The summed E-state index contributed by atoms with van der Waals surface area (Å²) in [7, 11) is 0. The van der Waals surface area contributed by atoms with Crippen molar-refractivity contribution in [3.8, 4) is 0 Å². The van der Waals surface area contributed by atoms with Crippen LogP contribution in [0.2, 0.25) is 0 Å². The van der Waals surface area contributed by atoms with E-state index in [2.05, 4.69) is 20.4 Å². The largest absolute Gasteiger partial charge is 0.385 e. The van der Waals surface area contributed by atoms with E-state index in [9.17, 15) is 5.11 Å². The number of rotatable bonds is 0. The first-order chi connectivity index (χ1) is 4.97. The molecule has 2 atom stereocenters. The average molecular weight is 152 g/mol. The molecule has 0 spiro atoms. The molecule has 2 bridgehead atoms. The molecular weight excluding hydrogens is 136 g/mol. The fourth-order valence-corrected chi connectivity index (χ4v) is 2.76. The summed E-state index contributed by atoms with van der Waals surface area (Å²) >= 11 is 0. The molecule has 1 N–H and O–H groups in total. The van der Waals surface area contributed by atoms with Crippen LogP contribution in [-0.4, -0.2) is 10.7 Å². The van der Waals surface area contributed by atoms with Crippen LogP contribution in [0, 0.1) is 11.3 Å². The lowest BCUT2D eigenvalue weighted by atomic mass is 9.72. The highest BCUT2D eigenvalue weighted by atomic mass is 16.3. The summed E-state index contributed by atoms with van der Waals surface area (Å²) in [5, 5.41) is 10.0. The molecule has 0 radical (unpaired) electrons. The first-order valence-corrected chi connectivity index (χ1v) is 4.39. The van der Waals surface area contributed by atoms with E-state index in [-0.39, 0.29) is 5.41 Å². The molecule has 2 saturated carbocycles. The molecule has 2 aliphatic rings. The average Bonchev–Trinajstić information content (AvgIpc) is 2.36. The third-order valence-corrected chi connectivity index (χ3v) is 3.85. The minimum Gasteiger partial charge on any atom is -0.385 e. The monoisotopic (exact) mass is 152 g/mol. The Morgan fingerprint density at radius 1 is 1.55 bits per heavy atom. The Labute approximate surface area is 68.1 Å². The molecule has 1 nitrogen and oxygen atoms in total. The van der Waals surface area contributed by atoms with Gasteiger partial charge in [0, 0.05) is 0 Å². The van der Waals surface area contributed by atoms with Crippen molar-refractivity contribution in [2.75, 3.05) is 0 Å². The molecule has 0 amide bonds. The van der Waals surface area contributed by atoms with Gasteiger partial charge in [0.25, 0.3) is 0 Å². The normalized spacial score (nSPS) is 46.8. The smallest absolute Gasteiger partial charge is 0.0862 e. The van der Waals surface area contributed by atoms with E-state index in [4.69, 9.17) is 0 Å². The molecular formula is C10H16O. The zero-order valence-electron chi connectivity index (χ0n) is 7.35. The Morgan fingerprint density at radius 2 is 2.18 bits per heavy atom. The molecule has 62 valence electrons. The highest BCUT2D eigenvalue weighted by Gasteiger charge is 2.56. The first kappa shape index (κ1) is 7.35. The van der Waals surface area contributed by atoms with Gasteiger partial charge in [0.2, 0.25) is 0 Å². The summed E-state index contributed by atoms with van der Waals surface area (Å²) in [6.45, 7) is 8.42. The van der Waals surface area contributed by atoms with Gasteiger partial charge in [-0.3, -0.25) is 0 Å². The van der Waals surface area contributed by atoms with Crippen LogP contribution in [-0.2, 0) is 0 Å². The molecule has 11 heavy (non-hydrogen) atoms. The fraction of sp³-hybridized carbons (Fsp3) is 0.800. The van der Waals surface area contributed by atoms with Gasteiger partial charge in [-0.1, -0.05) is 20.4 Å². The van der Waals surface area contributed by atoms with Crippen LogP contribution in [0.4, 0.5) is 0 Å². The quantitative estimate of drug-likeness (QED) is 0.527. The molecule has 2 aliphatic carbocycles. The van der Waals surface area contributed by atoms with Crippen LogP contribution in [0.1, 0.15) is 33.1 Å². The van der Waals surface area contributed by atoms with Crippen LogP contribution in [0.15, 0.2) is 12.2 Å². The molecule has 0 heterocycles. The minimum atomic E-state index is -0.492. The van der Waals surface area contributed by atoms with Gasteiger partial charge in [0.15, 0.2) is 0 Å². The van der Waals surface area contributed by atoms with Gasteiger partial charge < -0.3 is 5.11 Å². The van der Waals surface area contributed by atoms with E-state index >= 15 is 0 Å². The zero-order valence-corrected chi connectivity index (χ0v) is 7.35. The first-order valence-electron chi connectivity index (χ1n) is 4.39. The fourth-order valence-electron chi connectivity index (χ4n) is 2.76. The van der Waals surface area contributed by atoms with Crippen LogP contribution < -0.4 is 0 Å². The van der Waals surface area contributed by atoms with Crippen molar-refractivity contribution in [1.29, 1.82) is 0 Å². The third-order valence-electron chi connectivity index (χ3n) is 3.85. The predicted octanol–water partition coefficient (Wildman–Crippen LogP) is 2.11. The van der Waals surface area contributed by atoms with Crippen LogP contribution in [0.25, 0.3) is 0 Å². The van der Waals surface area contributed by atoms with Crippen molar-refractivity contribution in [3.63, 3.8) is 0 Å². The van der Waals surface area contributed by atoms with E-state index in [1.165, 1.54) is 6.42 Å². The second kappa shape index (κ2) is 1.71. The van der Waals surface area contributed by atoms with Crippen molar-refractivity contribution < 1.29 is 5.11 Å². The van der Waals surface area contributed by atoms with Gasteiger partial charge in [0.1, 0.15) is 0 Å². The second-order valence-corrected chi connectivity index (χ2v) is 4.67. The standard InChI is InChI=1S/C10H16O/c1-7-9(2,3)8-4-5-10(7,11)6-8/h8,11H,1,4-6H2,2-3H3/t8-,10-/m1/s1. The third kappa shape index (κ3) is 0.698. The molecule has 2 rings (SSSR count). The SMILES string of the molecule is C=C1C(C)(C)[C@@H]2CC[C@@]1(O)C2. The highest BCUT2D eigenvalue weighted by molar-refractivity contribution is 5.31. The summed E-state index contributed by atoms with van der Waals surface area (Å²) in [4.78, 5) is 0. The molecule has 0 aliphatic heterocycles. The van der Waals surface area contributed by atoms with Crippen molar-refractivity contribution in [3.05, 3.63) is 12.2 Å². The van der Waals surface area contributed by atoms with E-state index < -0.39 is 5.60 Å². The Balaban J connectivity index is 2.42. The maximum Gasteiger partial charge on any atom is 0.0862 e. The summed E-state index contributed by atoms with van der Waals surface area (Å²) in [5.74, 6) is 0.681. The van der Waals surface area contributed by atoms with E-state index in [0.29, 0.717) is 5.92 Å². The summed E-state index contributed by atoms with van der Waals surface area (Å²) in [6.07, 6.45) is 3.08. The maximum atomic E-state index is 10.0. The van der Waals surface area contributed by atoms with E-state index in [1.54, 1.807) is 0 Å². The second-order valence-electron chi connectivity index (χ2n) is 4.67. The van der Waals surface area contributed by atoms with Gasteiger partial charge in [0.05, 0.1) is 5.60 Å². The Kier molecular flexibility index (Phi) is 1.15. The van der Waals surface area contributed by atoms with Crippen molar-refractivity contribution in [2.24, 2.45) is 11.3 Å². The summed E-state index contributed by atoms with van der Waals surface area (Å²) < 4.78 is 0. The predicted molar refractivity (Wildman–Crippen MR) is 45.2 cm³/mol. The van der Waals surface area contributed by atoms with Crippen molar-refractivity contribution in [2.45, 2.75) is 38.7 Å². The molecule has 1 heteroatoms. The number of aliphatic hydroxyl groups is 1. The maximum absolute atomic E-state index is 10.0. The Bertz CT molecular complexity index is 210. The highest BCUT2D eigenvalue weighted by Crippen LogP contribution is 2.60. The van der Waals surface area contributed by atoms with Gasteiger partial charge in [-0.05, 0) is 36.2 Å². The van der Waals surface area contributed by atoms with Crippen molar-refractivity contribution >= 4 is 0 Å². The molecule has 2 fully saturated rings. The Hall–Kier alpha value is -0.300. The van der Waals surface area contributed by atoms with Gasteiger partial charge in [-0.2, -0.15) is 0 Å². The lowest BCUT2D eigenvalue weighted by Gasteiger charge is -2.34. The molecule has 0 aromatic heterocycles. The molecule has 0 aromatic rings. The Morgan fingerprint density at radius 3 is 2.45 bits per heavy atom.